The molecule has 2 N–H and O–H groups in total. The van der Waals surface area contributed by atoms with Crippen molar-refractivity contribution in [2.24, 2.45) is 0 Å². The molecule has 0 fully saturated rings. The van der Waals surface area contributed by atoms with Gasteiger partial charge in [0.15, 0.2) is 0 Å². The molecule has 3 rings (SSSR count). The van der Waals surface area contributed by atoms with Crippen molar-refractivity contribution in [3.8, 4) is 0 Å². The summed E-state index contributed by atoms with van der Waals surface area (Å²) in [6, 6.07) is 4.19. The number of hydrogen-bond acceptors (Lipinski definition) is 1. The number of halogens is 1. The lowest BCUT2D eigenvalue weighted by atomic mass is 10.0. The van der Waals surface area contributed by atoms with Gasteiger partial charge in [-0.3, -0.25) is 4.79 Å². The first-order valence-corrected chi connectivity index (χ1v) is 6.05. The number of fused-ring (bicyclic) bond motifs is 3. The number of rotatable bonds is 0. The minimum Gasteiger partial charge on any atom is -0.350 e. The summed E-state index contributed by atoms with van der Waals surface area (Å²) in [6.07, 6.45) is 0.900. The van der Waals surface area contributed by atoms with Crippen LogP contribution in [0.2, 0.25) is 0 Å². The van der Waals surface area contributed by atoms with E-state index in [1.165, 1.54) is 5.56 Å². The van der Waals surface area contributed by atoms with Crippen LogP contribution in [0.5, 0.6) is 0 Å². The Morgan fingerprint density at radius 3 is 3.00 bits per heavy atom. The van der Waals surface area contributed by atoms with Gasteiger partial charge in [-0.25, -0.2) is 0 Å². The van der Waals surface area contributed by atoms with E-state index in [9.17, 15) is 4.79 Å². The highest BCUT2D eigenvalue weighted by Gasteiger charge is 2.22. The summed E-state index contributed by atoms with van der Waals surface area (Å²) < 4.78 is 1.02. The third-order valence-electron chi connectivity index (χ3n) is 3.00. The third kappa shape index (κ3) is 1.29. The predicted octanol–water partition coefficient (Wildman–Crippen LogP) is 2.52. The highest BCUT2D eigenvalue weighted by molar-refractivity contribution is 9.10. The van der Waals surface area contributed by atoms with Crippen LogP contribution in [0.15, 0.2) is 16.6 Å². The summed E-state index contributed by atoms with van der Waals surface area (Å²) >= 11 is 3.53. The van der Waals surface area contributed by atoms with Crippen molar-refractivity contribution in [1.29, 1.82) is 0 Å². The molecule has 1 aromatic heterocycles. The Morgan fingerprint density at radius 2 is 2.19 bits per heavy atom. The van der Waals surface area contributed by atoms with Crippen molar-refractivity contribution in [3.05, 3.63) is 33.4 Å². The fourth-order valence-electron chi connectivity index (χ4n) is 2.29. The molecule has 0 saturated carbocycles. The molecule has 3 nitrogen and oxygen atoms in total. The smallest absolute Gasteiger partial charge is 0.268 e. The summed E-state index contributed by atoms with van der Waals surface area (Å²) in [5.41, 5.74) is 4.08. The predicted molar refractivity (Wildman–Crippen MR) is 66.8 cm³/mol. The van der Waals surface area contributed by atoms with Crippen molar-refractivity contribution in [2.45, 2.75) is 13.3 Å². The second-order valence-electron chi connectivity index (χ2n) is 4.15. The number of nitrogens with one attached hydrogen (secondary N) is 2. The average Bonchev–Trinajstić information content (AvgIpc) is 2.59. The number of amides is 1. The standard InChI is InChI=1S/C12H11BrN2O/c1-6-4-8-7-2-3-14-12(16)11(7)15-10(8)9(13)5-6/h4-5,15H,2-3H2,1H3,(H,14,16). The topological polar surface area (TPSA) is 44.9 Å². The molecule has 4 heteroatoms. The van der Waals surface area contributed by atoms with Gasteiger partial charge in [0.1, 0.15) is 5.69 Å². The summed E-state index contributed by atoms with van der Waals surface area (Å²) in [4.78, 5) is 14.9. The molecule has 0 aliphatic carbocycles. The molecule has 0 spiro atoms. The number of carbonyl (C=O) groups is 1. The molecular formula is C12H11BrN2O. The lowest BCUT2D eigenvalue weighted by Crippen LogP contribution is -2.31. The van der Waals surface area contributed by atoms with Crippen molar-refractivity contribution in [2.75, 3.05) is 6.54 Å². The lowest BCUT2D eigenvalue weighted by Gasteiger charge is -2.11. The minimum absolute atomic E-state index is 0.00185. The Kier molecular flexibility index (Phi) is 2.07. The van der Waals surface area contributed by atoms with E-state index in [1.54, 1.807) is 0 Å². The maximum Gasteiger partial charge on any atom is 0.268 e. The molecule has 1 aromatic carbocycles. The molecule has 82 valence electrons. The Balaban J connectivity index is 2.40. The molecule has 16 heavy (non-hydrogen) atoms. The number of benzene rings is 1. The Bertz CT molecular complexity index is 601. The van der Waals surface area contributed by atoms with E-state index in [1.807, 2.05) is 0 Å². The first-order chi connectivity index (χ1) is 7.66. The highest BCUT2D eigenvalue weighted by atomic mass is 79.9. The van der Waals surface area contributed by atoms with E-state index in [-0.39, 0.29) is 5.91 Å². The normalized spacial score (nSPS) is 15.0. The van der Waals surface area contributed by atoms with Gasteiger partial charge < -0.3 is 10.3 Å². The molecule has 2 heterocycles. The average molecular weight is 279 g/mol. The van der Waals surface area contributed by atoms with Crippen molar-refractivity contribution >= 4 is 32.7 Å². The van der Waals surface area contributed by atoms with Crippen LogP contribution in [0, 0.1) is 6.92 Å². The van der Waals surface area contributed by atoms with Crippen LogP contribution >= 0.6 is 15.9 Å². The van der Waals surface area contributed by atoms with E-state index >= 15 is 0 Å². The third-order valence-corrected chi connectivity index (χ3v) is 3.62. The van der Waals surface area contributed by atoms with Gasteiger partial charge in [0.05, 0.1) is 5.52 Å². The zero-order valence-electron chi connectivity index (χ0n) is 8.86. The van der Waals surface area contributed by atoms with Crippen LogP contribution in [-0.4, -0.2) is 17.4 Å². The van der Waals surface area contributed by atoms with E-state index in [4.69, 9.17) is 0 Å². The monoisotopic (exact) mass is 278 g/mol. The van der Waals surface area contributed by atoms with Gasteiger partial charge in [-0.2, -0.15) is 0 Å². The van der Waals surface area contributed by atoms with Crippen LogP contribution < -0.4 is 5.32 Å². The van der Waals surface area contributed by atoms with Gasteiger partial charge in [0, 0.05) is 16.4 Å². The molecule has 1 aliphatic rings. The van der Waals surface area contributed by atoms with E-state index in [0.717, 1.165) is 33.9 Å². The molecule has 0 atom stereocenters. The molecule has 0 unspecified atom stereocenters. The van der Waals surface area contributed by atoms with Crippen LogP contribution in [0.25, 0.3) is 10.9 Å². The second kappa shape index (κ2) is 3.35. The molecule has 0 saturated heterocycles. The van der Waals surface area contributed by atoms with Gasteiger partial charge in [-0.15, -0.1) is 0 Å². The van der Waals surface area contributed by atoms with Crippen LogP contribution in [-0.2, 0) is 6.42 Å². The maximum absolute atomic E-state index is 11.7. The van der Waals surface area contributed by atoms with E-state index in [0.29, 0.717) is 5.69 Å². The Morgan fingerprint density at radius 1 is 1.38 bits per heavy atom. The lowest BCUT2D eigenvalue weighted by molar-refractivity contribution is 0.0942. The number of hydrogen-bond donors (Lipinski definition) is 2. The SMILES string of the molecule is Cc1cc(Br)c2[nH]c3c(c2c1)CCNC3=O. The number of aromatic nitrogens is 1. The quantitative estimate of drug-likeness (QED) is 0.764. The van der Waals surface area contributed by atoms with Crippen molar-refractivity contribution in [1.82, 2.24) is 10.3 Å². The van der Waals surface area contributed by atoms with Gasteiger partial charge >= 0.3 is 0 Å². The highest BCUT2D eigenvalue weighted by Crippen LogP contribution is 2.31. The summed E-state index contributed by atoms with van der Waals surface area (Å²) in [5.74, 6) is 0.00185. The molecular weight excluding hydrogens is 268 g/mol. The van der Waals surface area contributed by atoms with Gasteiger partial charge in [-0.05, 0) is 52.5 Å². The zero-order chi connectivity index (χ0) is 11.3. The number of aryl methyl sites for hydroxylation is 1. The zero-order valence-corrected chi connectivity index (χ0v) is 10.4. The van der Waals surface area contributed by atoms with Crippen molar-refractivity contribution in [3.63, 3.8) is 0 Å². The van der Waals surface area contributed by atoms with Crippen LogP contribution in [0.1, 0.15) is 21.6 Å². The second-order valence-corrected chi connectivity index (χ2v) is 5.01. The fraction of sp³-hybridized carbons (Fsp3) is 0.250. The molecule has 0 radical (unpaired) electrons. The summed E-state index contributed by atoms with van der Waals surface area (Å²) in [6.45, 7) is 2.79. The molecule has 1 aliphatic heterocycles. The van der Waals surface area contributed by atoms with Crippen LogP contribution in [0.3, 0.4) is 0 Å². The molecule has 2 aromatic rings. The maximum atomic E-state index is 11.7. The summed E-state index contributed by atoms with van der Waals surface area (Å²) in [7, 11) is 0. The van der Waals surface area contributed by atoms with Gasteiger partial charge in [0.25, 0.3) is 5.91 Å². The number of carbonyl (C=O) groups excluding carboxylic acids is 1. The van der Waals surface area contributed by atoms with Gasteiger partial charge in [0.2, 0.25) is 0 Å². The Hall–Kier alpha value is -1.29. The minimum atomic E-state index is 0.00185. The number of aromatic amines is 1. The van der Waals surface area contributed by atoms with E-state index in [2.05, 4.69) is 45.3 Å². The number of H-pyrrole nitrogens is 1. The molecule has 1 amide bonds. The summed E-state index contributed by atoms with van der Waals surface area (Å²) in [5, 5.41) is 4.01. The molecule has 0 bridgehead atoms. The first-order valence-electron chi connectivity index (χ1n) is 5.25. The van der Waals surface area contributed by atoms with Crippen molar-refractivity contribution < 1.29 is 4.79 Å². The van der Waals surface area contributed by atoms with E-state index < -0.39 is 0 Å². The van der Waals surface area contributed by atoms with Crippen LogP contribution in [0.4, 0.5) is 0 Å². The Labute approximate surface area is 101 Å². The van der Waals surface area contributed by atoms with Gasteiger partial charge in [-0.1, -0.05) is 0 Å². The largest absolute Gasteiger partial charge is 0.350 e. The first kappa shape index (κ1) is 9.90. The fourth-order valence-corrected chi connectivity index (χ4v) is 2.96.